The van der Waals surface area contributed by atoms with Crippen LogP contribution in [0.15, 0.2) is 36.8 Å². The topological polar surface area (TPSA) is 53.7 Å². The van der Waals surface area contributed by atoms with Crippen molar-refractivity contribution in [3.63, 3.8) is 0 Å². The summed E-state index contributed by atoms with van der Waals surface area (Å²) >= 11 is 0. The predicted octanol–water partition coefficient (Wildman–Crippen LogP) is 1.62. The van der Waals surface area contributed by atoms with Crippen molar-refractivity contribution in [1.29, 1.82) is 0 Å². The van der Waals surface area contributed by atoms with Gasteiger partial charge in [0.25, 0.3) is 0 Å². The van der Waals surface area contributed by atoms with Crippen LogP contribution >= 0.6 is 0 Å². The molecule has 0 aliphatic rings. The first-order valence-electron chi connectivity index (χ1n) is 3.02. The van der Waals surface area contributed by atoms with E-state index < -0.39 is 0 Å². The molecule has 0 aromatic rings. The quantitative estimate of drug-likeness (QED) is 0.159. The molecule has 12 heavy (non-hydrogen) atoms. The van der Waals surface area contributed by atoms with E-state index in [1.807, 2.05) is 6.07 Å². The molecular formula is C8H7NO3. The van der Waals surface area contributed by atoms with Gasteiger partial charge in [0.1, 0.15) is 12.0 Å². The van der Waals surface area contributed by atoms with Crippen LogP contribution in [0, 0.1) is 11.3 Å². The Morgan fingerprint density at radius 2 is 2.42 bits per heavy atom. The van der Waals surface area contributed by atoms with Crippen LogP contribution in [0.25, 0.3) is 5.01 Å². The van der Waals surface area contributed by atoms with Crippen LogP contribution in [0.5, 0.6) is 0 Å². The molecule has 0 saturated heterocycles. The SMILES string of the molecule is C=COC(/C=C\C#[N+][O-])=C/C=O. The van der Waals surface area contributed by atoms with Gasteiger partial charge in [0.15, 0.2) is 0 Å². The molecule has 0 aliphatic heterocycles. The summed E-state index contributed by atoms with van der Waals surface area (Å²) in [6, 6.07) is 2.01. The standard InChI is InChI=1S/C8H7NO3/c1-2-12-8(5-7-10)4-3-6-9-11/h2-5,7H,1H2/b4-3-,8-5+. The summed E-state index contributed by atoms with van der Waals surface area (Å²) in [7, 11) is 0. The van der Waals surface area contributed by atoms with Crippen molar-refractivity contribution in [1.82, 2.24) is 0 Å². The number of carbonyl (C=O) groups is 1. The molecule has 0 bridgehead atoms. The van der Waals surface area contributed by atoms with Gasteiger partial charge in [0, 0.05) is 11.1 Å². The summed E-state index contributed by atoms with van der Waals surface area (Å²) in [6.07, 6.45) is 5.47. The summed E-state index contributed by atoms with van der Waals surface area (Å²) in [4.78, 5) is 9.99. The molecule has 0 amide bonds. The van der Waals surface area contributed by atoms with Gasteiger partial charge in [-0.15, -0.1) is 0 Å². The highest BCUT2D eigenvalue weighted by Crippen LogP contribution is 1.97. The van der Waals surface area contributed by atoms with Gasteiger partial charge < -0.3 is 9.94 Å². The maximum absolute atomic E-state index is 9.99. The molecule has 4 nitrogen and oxygen atoms in total. The lowest BCUT2D eigenvalue weighted by molar-refractivity contribution is -0.104. The highest BCUT2D eigenvalue weighted by atomic mass is 16.5. The number of carbonyl (C=O) groups excluding carboxylic acids is 1. The average molecular weight is 165 g/mol. The number of hydrogen-bond donors (Lipinski definition) is 0. The Morgan fingerprint density at radius 1 is 1.67 bits per heavy atom. The van der Waals surface area contributed by atoms with E-state index in [1.165, 1.54) is 18.2 Å². The zero-order chi connectivity index (χ0) is 9.23. The van der Waals surface area contributed by atoms with E-state index in [-0.39, 0.29) is 5.76 Å². The molecular weight excluding hydrogens is 158 g/mol. The molecule has 4 heteroatoms. The smallest absolute Gasteiger partial charge is 0.328 e. The third kappa shape index (κ3) is 4.82. The van der Waals surface area contributed by atoms with E-state index >= 15 is 0 Å². The highest BCUT2D eigenvalue weighted by Gasteiger charge is 1.87. The van der Waals surface area contributed by atoms with Gasteiger partial charge in [0.05, 0.1) is 12.3 Å². The fraction of sp³-hybridized carbons (Fsp3) is 0. The summed E-state index contributed by atoms with van der Waals surface area (Å²) in [5, 5.41) is 11.9. The highest BCUT2D eigenvalue weighted by molar-refractivity contribution is 5.66. The van der Waals surface area contributed by atoms with Gasteiger partial charge in [0.2, 0.25) is 0 Å². The van der Waals surface area contributed by atoms with Gasteiger partial charge in [-0.3, -0.25) is 4.79 Å². The van der Waals surface area contributed by atoms with Crippen molar-refractivity contribution in [2.24, 2.45) is 0 Å². The normalized spacial score (nSPS) is 10.2. The molecule has 0 aromatic carbocycles. The molecule has 0 heterocycles. The Hall–Kier alpha value is -2.02. The van der Waals surface area contributed by atoms with E-state index in [4.69, 9.17) is 4.74 Å². The fourth-order valence-corrected chi connectivity index (χ4v) is 0.447. The number of rotatable bonds is 4. The van der Waals surface area contributed by atoms with Gasteiger partial charge in [-0.25, -0.2) is 0 Å². The van der Waals surface area contributed by atoms with Crippen molar-refractivity contribution in [3.8, 4) is 6.07 Å². The lowest BCUT2D eigenvalue weighted by atomic mass is 10.4. The minimum Gasteiger partial charge on any atom is -0.498 e. The first kappa shape index (κ1) is 9.98. The van der Waals surface area contributed by atoms with Crippen molar-refractivity contribution in [2.75, 3.05) is 0 Å². The van der Waals surface area contributed by atoms with E-state index in [2.05, 4.69) is 11.6 Å². The minimum atomic E-state index is 0.260. The van der Waals surface area contributed by atoms with E-state index in [9.17, 15) is 10.0 Å². The summed E-state index contributed by atoms with van der Waals surface area (Å²) < 4.78 is 4.75. The Bertz CT molecular complexity index is 268. The number of hydrogen-bond acceptors (Lipinski definition) is 3. The second kappa shape index (κ2) is 7.09. The van der Waals surface area contributed by atoms with Crippen molar-refractivity contribution >= 4 is 6.29 Å². The monoisotopic (exact) mass is 165 g/mol. The lowest BCUT2D eigenvalue weighted by Gasteiger charge is -1.94. The van der Waals surface area contributed by atoms with E-state index in [0.29, 0.717) is 6.29 Å². The van der Waals surface area contributed by atoms with Gasteiger partial charge in [-0.05, 0) is 6.08 Å². The molecule has 0 unspecified atom stereocenters. The number of nitrogens with zero attached hydrogens (tertiary/aromatic N) is 1. The largest absolute Gasteiger partial charge is 0.498 e. The average Bonchev–Trinajstić information content (AvgIpc) is 2.06. The Morgan fingerprint density at radius 3 is 2.92 bits per heavy atom. The van der Waals surface area contributed by atoms with Crippen molar-refractivity contribution < 1.29 is 9.53 Å². The molecule has 0 saturated carbocycles. The number of ether oxygens (including phenoxy) is 1. The zero-order valence-corrected chi connectivity index (χ0v) is 6.27. The number of allylic oxidation sites excluding steroid dienone is 3. The molecule has 0 fully saturated rings. The van der Waals surface area contributed by atoms with Gasteiger partial charge >= 0.3 is 6.07 Å². The fourth-order valence-electron chi connectivity index (χ4n) is 0.447. The Kier molecular flexibility index (Phi) is 5.90. The van der Waals surface area contributed by atoms with Crippen LogP contribution in [-0.4, -0.2) is 6.29 Å². The van der Waals surface area contributed by atoms with Crippen LogP contribution in [0.1, 0.15) is 0 Å². The van der Waals surface area contributed by atoms with Crippen LogP contribution in [0.3, 0.4) is 0 Å². The summed E-state index contributed by atoms with van der Waals surface area (Å²) in [5.74, 6) is 0.260. The molecule has 0 aliphatic carbocycles. The number of aldehydes is 1. The van der Waals surface area contributed by atoms with Crippen molar-refractivity contribution in [3.05, 3.63) is 47.0 Å². The predicted molar refractivity (Wildman–Crippen MR) is 45.2 cm³/mol. The Labute approximate surface area is 69.9 Å². The molecule has 0 spiro atoms. The summed E-state index contributed by atoms with van der Waals surface area (Å²) in [6.45, 7) is 3.29. The first-order chi connectivity index (χ1) is 5.85. The second-order valence-corrected chi connectivity index (χ2v) is 1.54. The minimum absolute atomic E-state index is 0.260. The lowest BCUT2D eigenvalue weighted by Crippen LogP contribution is -1.80. The van der Waals surface area contributed by atoms with Gasteiger partial charge in [-0.2, -0.15) is 0 Å². The third-order valence-electron chi connectivity index (χ3n) is 0.827. The second-order valence-electron chi connectivity index (χ2n) is 1.54. The Balaban J connectivity index is 4.28. The van der Waals surface area contributed by atoms with Gasteiger partial charge in [-0.1, -0.05) is 6.58 Å². The third-order valence-corrected chi connectivity index (χ3v) is 0.827. The molecule has 0 N–H and O–H groups in total. The first-order valence-corrected chi connectivity index (χ1v) is 3.02. The summed E-state index contributed by atoms with van der Waals surface area (Å²) in [5.41, 5.74) is 0. The molecule has 0 aromatic heterocycles. The van der Waals surface area contributed by atoms with Crippen molar-refractivity contribution in [2.45, 2.75) is 0 Å². The van der Waals surface area contributed by atoms with Crippen LogP contribution in [0.4, 0.5) is 0 Å². The molecule has 0 rings (SSSR count). The zero-order valence-electron chi connectivity index (χ0n) is 6.27. The molecule has 0 radical (unpaired) electrons. The van der Waals surface area contributed by atoms with Crippen LogP contribution < -0.4 is 0 Å². The van der Waals surface area contributed by atoms with E-state index in [0.717, 1.165) is 6.26 Å². The maximum Gasteiger partial charge on any atom is 0.328 e. The van der Waals surface area contributed by atoms with E-state index in [1.54, 1.807) is 0 Å². The van der Waals surface area contributed by atoms with Crippen LogP contribution in [0.2, 0.25) is 0 Å². The maximum atomic E-state index is 9.99. The molecule has 0 atom stereocenters. The van der Waals surface area contributed by atoms with Crippen LogP contribution in [-0.2, 0) is 9.53 Å². The molecule has 62 valence electrons.